The predicted molar refractivity (Wildman–Crippen MR) is 118 cm³/mol. The number of nitrogens with zero attached hydrogens (tertiary/aromatic N) is 4. The Kier molecular flexibility index (Phi) is 5.32. The van der Waals surface area contributed by atoms with Crippen LogP contribution in [0.2, 0.25) is 0 Å². The fourth-order valence-electron chi connectivity index (χ4n) is 3.48. The van der Waals surface area contributed by atoms with Crippen LogP contribution in [0.15, 0.2) is 60.0 Å². The zero-order valence-corrected chi connectivity index (χ0v) is 18.0. The Morgan fingerprint density at radius 1 is 1.16 bits per heavy atom. The zero-order valence-electron chi connectivity index (χ0n) is 17.2. The second kappa shape index (κ2) is 8.43. The third-order valence-electron chi connectivity index (χ3n) is 5.07. The minimum atomic E-state index is -0.388. The Morgan fingerprint density at radius 2 is 2.03 bits per heavy atom. The molecule has 1 aliphatic rings. The molecule has 1 aliphatic heterocycles. The Hall–Kier alpha value is -3.72. The molecule has 0 spiro atoms. The number of hydrogen-bond acceptors (Lipinski definition) is 6. The van der Waals surface area contributed by atoms with Gasteiger partial charge in [0, 0.05) is 13.1 Å². The van der Waals surface area contributed by atoms with E-state index >= 15 is 0 Å². The van der Waals surface area contributed by atoms with Crippen LogP contribution >= 0.6 is 11.3 Å². The third kappa shape index (κ3) is 3.82. The molecule has 1 amide bonds. The topological polar surface area (TPSA) is 69.5 Å². The average molecular weight is 450 g/mol. The minimum Gasteiger partial charge on any atom is -0.454 e. The summed E-state index contributed by atoms with van der Waals surface area (Å²) in [6, 6.07) is 15.4. The van der Waals surface area contributed by atoms with E-state index in [0.717, 1.165) is 10.4 Å². The first-order valence-electron chi connectivity index (χ1n) is 10.1. The number of carbonyl (C=O) groups excluding carboxylic acids is 1. The SMILES string of the molecule is CCN(Cc1ccc2c(c1)OCO2)C(=O)c1nc(-c2cccs2)n(-c2cccc(F)c2)n1. The van der Waals surface area contributed by atoms with E-state index in [1.54, 1.807) is 17.0 Å². The summed E-state index contributed by atoms with van der Waals surface area (Å²) in [6.07, 6.45) is 0. The number of halogens is 1. The standard InChI is InChI=1S/C23H19FN4O3S/c1-2-27(13-15-8-9-18-19(11-15)31-14-30-18)23(29)21-25-22(20-7-4-10-32-20)28(26-21)17-6-3-5-16(24)12-17/h3-12H,2,13-14H2,1H3. The summed E-state index contributed by atoms with van der Waals surface area (Å²) in [6.45, 7) is 2.93. The van der Waals surface area contributed by atoms with Crippen molar-refractivity contribution in [1.29, 1.82) is 0 Å². The highest BCUT2D eigenvalue weighted by atomic mass is 32.1. The molecular formula is C23H19FN4O3S. The first-order chi connectivity index (χ1) is 15.6. The van der Waals surface area contributed by atoms with Crippen LogP contribution in [-0.2, 0) is 6.54 Å². The molecule has 0 saturated heterocycles. The molecule has 0 aliphatic carbocycles. The number of aromatic nitrogens is 3. The molecular weight excluding hydrogens is 431 g/mol. The molecule has 32 heavy (non-hydrogen) atoms. The van der Waals surface area contributed by atoms with Gasteiger partial charge in [0.15, 0.2) is 17.3 Å². The first-order valence-corrected chi connectivity index (χ1v) is 10.9. The second-order valence-corrected chi connectivity index (χ2v) is 8.08. The van der Waals surface area contributed by atoms with Gasteiger partial charge in [-0.15, -0.1) is 16.4 Å². The van der Waals surface area contributed by atoms with Crippen molar-refractivity contribution in [2.75, 3.05) is 13.3 Å². The van der Waals surface area contributed by atoms with Crippen LogP contribution in [0.25, 0.3) is 16.4 Å². The van der Waals surface area contributed by atoms with Crippen molar-refractivity contribution in [3.05, 3.63) is 77.2 Å². The Bertz CT molecular complexity index is 1270. The van der Waals surface area contributed by atoms with Crippen molar-refractivity contribution in [1.82, 2.24) is 19.7 Å². The van der Waals surface area contributed by atoms with E-state index in [0.29, 0.717) is 36.1 Å². The van der Waals surface area contributed by atoms with Crippen molar-refractivity contribution in [3.63, 3.8) is 0 Å². The van der Waals surface area contributed by atoms with E-state index in [1.165, 1.54) is 28.2 Å². The molecule has 0 fully saturated rings. The number of ether oxygens (including phenoxy) is 2. The molecule has 0 atom stereocenters. The highest BCUT2D eigenvalue weighted by Gasteiger charge is 2.24. The second-order valence-electron chi connectivity index (χ2n) is 7.13. The summed E-state index contributed by atoms with van der Waals surface area (Å²) < 4.78 is 26.2. The summed E-state index contributed by atoms with van der Waals surface area (Å²) in [7, 11) is 0. The molecule has 2 aromatic carbocycles. The van der Waals surface area contributed by atoms with Gasteiger partial charge in [0.05, 0.1) is 10.6 Å². The maximum atomic E-state index is 13.9. The number of hydrogen-bond donors (Lipinski definition) is 0. The summed E-state index contributed by atoms with van der Waals surface area (Å²) >= 11 is 1.47. The summed E-state index contributed by atoms with van der Waals surface area (Å²) in [5, 5.41) is 6.37. The lowest BCUT2D eigenvalue weighted by Gasteiger charge is -2.19. The number of carbonyl (C=O) groups is 1. The summed E-state index contributed by atoms with van der Waals surface area (Å²) in [4.78, 5) is 20.3. The lowest BCUT2D eigenvalue weighted by Crippen LogP contribution is -2.31. The van der Waals surface area contributed by atoms with Crippen molar-refractivity contribution in [3.8, 4) is 27.9 Å². The van der Waals surface area contributed by atoms with Crippen LogP contribution in [0.3, 0.4) is 0 Å². The van der Waals surface area contributed by atoms with Gasteiger partial charge >= 0.3 is 0 Å². The third-order valence-corrected chi connectivity index (χ3v) is 5.94. The van der Waals surface area contributed by atoms with Gasteiger partial charge in [-0.05, 0) is 54.3 Å². The van der Waals surface area contributed by atoms with Crippen molar-refractivity contribution in [2.45, 2.75) is 13.5 Å². The largest absolute Gasteiger partial charge is 0.454 e. The van der Waals surface area contributed by atoms with Gasteiger partial charge in [0.25, 0.3) is 5.91 Å². The lowest BCUT2D eigenvalue weighted by molar-refractivity contribution is 0.0740. The van der Waals surface area contributed by atoms with E-state index < -0.39 is 0 Å². The number of benzene rings is 2. The van der Waals surface area contributed by atoms with Gasteiger partial charge in [0.1, 0.15) is 5.82 Å². The van der Waals surface area contributed by atoms with E-state index in [-0.39, 0.29) is 24.3 Å². The zero-order chi connectivity index (χ0) is 22.1. The summed E-state index contributed by atoms with van der Waals surface area (Å²) in [5.74, 6) is 1.21. The van der Waals surface area contributed by atoms with Gasteiger partial charge in [-0.2, -0.15) is 0 Å². The Morgan fingerprint density at radius 3 is 2.81 bits per heavy atom. The van der Waals surface area contributed by atoms with Gasteiger partial charge in [-0.1, -0.05) is 18.2 Å². The van der Waals surface area contributed by atoms with Gasteiger partial charge < -0.3 is 14.4 Å². The predicted octanol–water partition coefficient (Wildman–Crippen LogP) is 4.53. The quantitative estimate of drug-likeness (QED) is 0.432. The lowest BCUT2D eigenvalue weighted by atomic mass is 10.2. The molecule has 4 aromatic rings. The minimum absolute atomic E-state index is 0.0558. The number of amides is 1. The molecule has 2 aromatic heterocycles. The molecule has 0 bridgehead atoms. The van der Waals surface area contributed by atoms with E-state index in [9.17, 15) is 9.18 Å². The van der Waals surface area contributed by atoms with Crippen molar-refractivity contribution in [2.24, 2.45) is 0 Å². The van der Waals surface area contributed by atoms with Crippen molar-refractivity contribution < 1.29 is 18.7 Å². The highest BCUT2D eigenvalue weighted by Crippen LogP contribution is 2.33. The number of thiophene rings is 1. The van der Waals surface area contributed by atoms with E-state index in [1.807, 2.05) is 42.6 Å². The van der Waals surface area contributed by atoms with Crippen molar-refractivity contribution >= 4 is 17.2 Å². The average Bonchev–Trinajstić information content (AvgIpc) is 3.56. The Labute approximate surface area is 187 Å². The highest BCUT2D eigenvalue weighted by molar-refractivity contribution is 7.13. The first kappa shape index (κ1) is 20.2. The molecule has 5 rings (SSSR count). The van der Waals surface area contributed by atoms with Gasteiger partial charge in [0.2, 0.25) is 12.6 Å². The summed E-state index contributed by atoms with van der Waals surface area (Å²) in [5.41, 5.74) is 1.41. The van der Waals surface area contributed by atoms with E-state index in [4.69, 9.17) is 9.47 Å². The number of rotatable bonds is 6. The van der Waals surface area contributed by atoms with Crippen LogP contribution in [0.5, 0.6) is 11.5 Å². The normalized spacial score (nSPS) is 12.2. The molecule has 0 unspecified atom stereocenters. The van der Waals surface area contributed by atoms with Crippen LogP contribution in [0, 0.1) is 5.82 Å². The monoisotopic (exact) mass is 450 g/mol. The van der Waals surface area contributed by atoms with Gasteiger partial charge in [-0.25, -0.2) is 14.1 Å². The van der Waals surface area contributed by atoms with Crippen LogP contribution in [0.1, 0.15) is 23.1 Å². The molecule has 0 radical (unpaired) electrons. The molecule has 162 valence electrons. The Balaban J connectivity index is 1.47. The van der Waals surface area contributed by atoms with Gasteiger partial charge in [-0.3, -0.25) is 4.79 Å². The van der Waals surface area contributed by atoms with E-state index in [2.05, 4.69) is 10.1 Å². The molecule has 0 saturated carbocycles. The maximum absolute atomic E-state index is 13.9. The molecule has 9 heteroatoms. The number of fused-ring (bicyclic) bond motifs is 1. The van der Waals surface area contributed by atoms with Crippen LogP contribution < -0.4 is 9.47 Å². The smallest absolute Gasteiger partial charge is 0.293 e. The fraction of sp³-hybridized carbons (Fsp3) is 0.174. The molecule has 3 heterocycles. The van der Waals surface area contributed by atoms with Crippen LogP contribution in [-0.4, -0.2) is 38.9 Å². The van der Waals surface area contributed by atoms with Crippen LogP contribution in [0.4, 0.5) is 4.39 Å². The fourth-order valence-corrected chi connectivity index (χ4v) is 4.18. The molecule has 0 N–H and O–H groups in total. The maximum Gasteiger partial charge on any atom is 0.293 e. The molecule has 7 nitrogen and oxygen atoms in total.